The van der Waals surface area contributed by atoms with E-state index < -0.39 is 5.54 Å². The van der Waals surface area contributed by atoms with Crippen LogP contribution in [0.15, 0.2) is 48.7 Å². The van der Waals surface area contributed by atoms with Gasteiger partial charge in [0.15, 0.2) is 0 Å². The maximum atomic E-state index is 13.9. The third-order valence-corrected chi connectivity index (χ3v) is 6.43. The van der Waals surface area contributed by atoms with Crippen molar-refractivity contribution in [1.82, 2.24) is 10.3 Å². The maximum absolute atomic E-state index is 13.9. The summed E-state index contributed by atoms with van der Waals surface area (Å²) in [6.07, 6.45) is 5.05. The molecule has 0 unspecified atom stereocenters. The molecule has 1 aliphatic carbocycles. The number of phenols is 1. The van der Waals surface area contributed by atoms with Crippen LogP contribution in [0.3, 0.4) is 0 Å². The number of amides is 1. The number of phenolic OH excluding ortho intramolecular Hbond substituents is 1. The Morgan fingerprint density at radius 1 is 1.23 bits per heavy atom. The van der Waals surface area contributed by atoms with Crippen LogP contribution in [0.4, 0.5) is 4.39 Å². The number of carbonyl (C=O) groups is 1. The van der Waals surface area contributed by atoms with Crippen LogP contribution in [-0.2, 0) is 10.3 Å². The Labute approximate surface area is 180 Å². The number of nitrogens with one attached hydrogen (secondary N) is 1. The third kappa shape index (κ3) is 3.86. The normalized spacial score (nSPS) is 21.5. The first kappa shape index (κ1) is 20.6. The zero-order valence-corrected chi connectivity index (χ0v) is 17.5. The van der Waals surface area contributed by atoms with E-state index in [1.807, 2.05) is 13.0 Å². The smallest absolute Gasteiger partial charge is 0.220 e. The first-order valence-corrected chi connectivity index (χ1v) is 10.6. The molecule has 2 N–H and O–H groups in total. The van der Waals surface area contributed by atoms with Crippen molar-refractivity contribution in [2.24, 2.45) is 0 Å². The van der Waals surface area contributed by atoms with Crippen molar-refractivity contribution in [2.45, 2.75) is 50.5 Å². The highest BCUT2D eigenvalue weighted by molar-refractivity contribution is 6.30. The Hall–Kier alpha value is -2.66. The Balaban J connectivity index is 1.67. The van der Waals surface area contributed by atoms with Crippen LogP contribution in [0.1, 0.15) is 56.1 Å². The number of hydrogen-bond acceptors (Lipinski definition) is 3. The monoisotopic (exact) mass is 426 g/mol. The number of halogens is 2. The number of nitrogens with zero attached hydrogens (tertiary/aromatic N) is 1. The van der Waals surface area contributed by atoms with Gasteiger partial charge < -0.3 is 10.4 Å². The molecule has 0 bridgehead atoms. The summed E-state index contributed by atoms with van der Waals surface area (Å²) in [7, 11) is 0. The second-order valence-electron chi connectivity index (χ2n) is 7.98. The van der Waals surface area contributed by atoms with E-state index in [-0.39, 0.29) is 23.4 Å². The third-order valence-electron chi connectivity index (χ3n) is 6.19. The molecule has 0 spiro atoms. The fraction of sp³-hybridized carbons (Fsp3) is 0.333. The van der Waals surface area contributed by atoms with Crippen molar-refractivity contribution < 1.29 is 14.3 Å². The molecule has 4 rings (SSSR count). The highest BCUT2D eigenvalue weighted by Gasteiger charge is 2.40. The number of benzene rings is 2. The van der Waals surface area contributed by atoms with Gasteiger partial charge in [0.05, 0.1) is 11.1 Å². The van der Waals surface area contributed by atoms with Gasteiger partial charge in [-0.25, -0.2) is 4.39 Å². The topological polar surface area (TPSA) is 62.2 Å². The van der Waals surface area contributed by atoms with Crippen LogP contribution in [0, 0.1) is 5.82 Å². The summed E-state index contributed by atoms with van der Waals surface area (Å²) < 4.78 is 13.9. The number of rotatable bonds is 4. The number of carbonyl (C=O) groups excluding carboxylic acids is 1. The molecule has 1 aromatic heterocycles. The minimum atomic E-state index is -0.646. The maximum Gasteiger partial charge on any atom is 0.220 e. The highest BCUT2D eigenvalue weighted by atomic mass is 35.5. The summed E-state index contributed by atoms with van der Waals surface area (Å²) in [5, 5.41) is 15.0. The highest BCUT2D eigenvalue weighted by Crippen LogP contribution is 2.47. The van der Waals surface area contributed by atoms with E-state index in [0.717, 1.165) is 29.3 Å². The summed E-state index contributed by atoms with van der Waals surface area (Å²) in [5.74, 6) is -0.0189. The summed E-state index contributed by atoms with van der Waals surface area (Å²) >= 11 is 6.02. The lowest BCUT2D eigenvalue weighted by Gasteiger charge is -2.42. The molecule has 0 saturated heterocycles. The zero-order valence-electron chi connectivity index (χ0n) is 16.8. The largest absolute Gasteiger partial charge is 0.508 e. The Morgan fingerprint density at radius 3 is 2.70 bits per heavy atom. The van der Waals surface area contributed by atoms with Gasteiger partial charge >= 0.3 is 0 Å². The van der Waals surface area contributed by atoms with Gasteiger partial charge in [-0.1, -0.05) is 24.6 Å². The number of aromatic hydroxyl groups is 1. The van der Waals surface area contributed by atoms with E-state index in [4.69, 9.17) is 11.6 Å². The van der Waals surface area contributed by atoms with Crippen LogP contribution >= 0.6 is 11.6 Å². The summed E-state index contributed by atoms with van der Waals surface area (Å²) in [6.45, 7) is 1.81. The van der Waals surface area contributed by atoms with Gasteiger partial charge in [0, 0.05) is 28.6 Å². The predicted molar refractivity (Wildman–Crippen MR) is 116 cm³/mol. The molecule has 1 fully saturated rings. The van der Waals surface area contributed by atoms with E-state index in [1.54, 1.807) is 30.5 Å². The van der Waals surface area contributed by atoms with Crippen LogP contribution in [0.25, 0.3) is 10.9 Å². The van der Waals surface area contributed by atoms with E-state index >= 15 is 0 Å². The molecule has 156 valence electrons. The van der Waals surface area contributed by atoms with Gasteiger partial charge in [0.25, 0.3) is 0 Å². The van der Waals surface area contributed by atoms with Crippen LogP contribution in [0.2, 0.25) is 5.02 Å². The van der Waals surface area contributed by atoms with Crippen molar-refractivity contribution in [3.05, 3.63) is 70.6 Å². The van der Waals surface area contributed by atoms with Crippen molar-refractivity contribution in [2.75, 3.05) is 0 Å². The van der Waals surface area contributed by atoms with Crippen LogP contribution < -0.4 is 5.32 Å². The van der Waals surface area contributed by atoms with E-state index in [2.05, 4.69) is 10.3 Å². The van der Waals surface area contributed by atoms with E-state index in [9.17, 15) is 14.3 Å². The molecular weight excluding hydrogens is 403 g/mol. The molecule has 2 aromatic carbocycles. The minimum absolute atomic E-state index is 0.0563. The number of fused-ring (bicyclic) bond motifs is 1. The lowest BCUT2D eigenvalue weighted by molar-refractivity contribution is -0.123. The van der Waals surface area contributed by atoms with Gasteiger partial charge in [-0.3, -0.25) is 9.78 Å². The molecule has 3 aromatic rings. The Kier molecular flexibility index (Phi) is 5.65. The fourth-order valence-corrected chi connectivity index (χ4v) is 4.81. The molecule has 4 nitrogen and oxygen atoms in total. The standard InChI is InChI=1S/C24H24ClFN2O2/c1-2-23(30)28-24(20-5-3-16(25)13-22(20)29)10-7-15(8-11-24)18-9-12-27-21-6-4-17(26)14-19(18)21/h3-6,9,12-15,29H,2,7-8,10-11H2,1H3,(H,28,30). The summed E-state index contributed by atoms with van der Waals surface area (Å²) in [5.41, 5.74) is 1.90. The van der Waals surface area contributed by atoms with Crippen molar-refractivity contribution in [3.63, 3.8) is 0 Å². The van der Waals surface area contributed by atoms with Crippen LogP contribution in [-0.4, -0.2) is 16.0 Å². The number of pyridine rings is 1. The lowest BCUT2D eigenvalue weighted by atomic mass is 9.70. The molecular formula is C24H24ClFN2O2. The van der Waals surface area contributed by atoms with Crippen LogP contribution in [0.5, 0.6) is 5.75 Å². The van der Waals surface area contributed by atoms with Gasteiger partial charge in [0.1, 0.15) is 11.6 Å². The summed E-state index contributed by atoms with van der Waals surface area (Å²) in [6, 6.07) is 11.7. The molecule has 1 heterocycles. The first-order chi connectivity index (χ1) is 14.4. The predicted octanol–water partition coefficient (Wildman–Crippen LogP) is 5.81. The van der Waals surface area contributed by atoms with Gasteiger partial charge in [0.2, 0.25) is 5.91 Å². The van der Waals surface area contributed by atoms with Gasteiger partial charge in [-0.2, -0.15) is 0 Å². The second-order valence-corrected chi connectivity index (χ2v) is 8.42. The minimum Gasteiger partial charge on any atom is -0.508 e. The quantitative estimate of drug-likeness (QED) is 0.553. The van der Waals surface area contributed by atoms with Crippen molar-refractivity contribution in [1.29, 1.82) is 0 Å². The number of hydrogen-bond donors (Lipinski definition) is 2. The molecule has 1 amide bonds. The Bertz CT molecular complexity index is 1090. The fourth-order valence-electron chi connectivity index (χ4n) is 4.64. The SMILES string of the molecule is CCC(=O)NC1(c2ccc(Cl)cc2O)CCC(c2ccnc3ccc(F)cc23)CC1. The molecule has 1 saturated carbocycles. The summed E-state index contributed by atoms with van der Waals surface area (Å²) in [4.78, 5) is 16.7. The van der Waals surface area contributed by atoms with Gasteiger partial charge in [-0.05, 0) is 73.6 Å². The molecule has 0 atom stereocenters. The molecule has 6 heteroatoms. The Morgan fingerprint density at radius 2 is 2.00 bits per heavy atom. The zero-order chi connectivity index (χ0) is 21.3. The first-order valence-electron chi connectivity index (χ1n) is 10.3. The molecule has 1 aliphatic rings. The average Bonchev–Trinajstić information content (AvgIpc) is 2.73. The second kappa shape index (κ2) is 8.23. The molecule has 0 radical (unpaired) electrons. The van der Waals surface area contributed by atoms with Crippen molar-refractivity contribution in [3.8, 4) is 5.75 Å². The average molecular weight is 427 g/mol. The van der Waals surface area contributed by atoms with Crippen molar-refractivity contribution >= 4 is 28.4 Å². The van der Waals surface area contributed by atoms with Gasteiger partial charge in [-0.15, -0.1) is 0 Å². The van der Waals surface area contributed by atoms with E-state index in [1.165, 1.54) is 12.1 Å². The molecule has 30 heavy (non-hydrogen) atoms. The lowest BCUT2D eigenvalue weighted by Crippen LogP contribution is -2.47. The number of aromatic nitrogens is 1. The van der Waals surface area contributed by atoms with E-state index in [0.29, 0.717) is 29.8 Å². The molecule has 0 aliphatic heterocycles.